The van der Waals surface area contributed by atoms with Crippen molar-refractivity contribution in [1.29, 1.82) is 0 Å². The van der Waals surface area contributed by atoms with Crippen LogP contribution in [0.15, 0.2) is 35.4 Å². The van der Waals surface area contributed by atoms with Crippen LogP contribution in [0.2, 0.25) is 0 Å². The lowest BCUT2D eigenvalue weighted by Gasteiger charge is -2.19. The third-order valence-electron chi connectivity index (χ3n) is 3.11. The van der Waals surface area contributed by atoms with E-state index in [0.29, 0.717) is 5.71 Å². The van der Waals surface area contributed by atoms with Gasteiger partial charge in [0.25, 0.3) is 5.91 Å². The average molecular weight is 245 g/mol. The van der Waals surface area contributed by atoms with E-state index in [0.717, 1.165) is 5.56 Å². The Labute approximate surface area is 103 Å². The monoisotopic (exact) mass is 245 g/mol. The van der Waals surface area contributed by atoms with Gasteiger partial charge in [-0.2, -0.15) is 5.10 Å². The summed E-state index contributed by atoms with van der Waals surface area (Å²) in [6.45, 7) is 0. The van der Waals surface area contributed by atoms with Gasteiger partial charge in [0, 0.05) is 12.6 Å². The first-order valence-corrected chi connectivity index (χ1v) is 5.53. The van der Waals surface area contributed by atoms with Crippen molar-refractivity contribution in [2.24, 2.45) is 5.10 Å². The normalized spacial score (nSPS) is 26.7. The molecule has 1 aromatic rings. The van der Waals surface area contributed by atoms with Crippen molar-refractivity contribution in [1.82, 2.24) is 10.5 Å². The molecule has 1 aromatic carbocycles. The zero-order valence-corrected chi connectivity index (χ0v) is 9.71. The van der Waals surface area contributed by atoms with Gasteiger partial charge in [0.15, 0.2) is 5.54 Å². The van der Waals surface area contributed by atoms with Gasteiger partial charge in [0.05, 0.1) is 6.42 Å². The summed E-state index contributed by atoms with van der Waals surface area (Å²) in [7, 11) is 1.56. The predicted molar refractivity (Wildman–Crippen MR) is 62.3 cm³/mol. The van der Waals surface area contributed by atoms with Crippen LogP contribution < -0.4 is 5.48 Å². The Morgan fingerprint density at radius 3 is 2.67 bits per heavy atom. The minimum atomic E-state index is -1.17. The summed E-state index contributed by atoms with van der Waals surface area (Å²) in [6.07, 6.45) is -0.0378. The third kappa shape index (κ3) is 1.36. The second-order valence-electron chi connectivity index (χ2n) is 4.30. The summed E-state index contributed by atoms with van der Waals surface area (Å²) < 4.78 is 0. The number of nitrogens with zero attached hydrogens (tertiary/aromatic N) is 2. The van der Waals surface area contributed by atoms with Crippen molar-refractivity contribution >= 4 is 17.6 Å². The van der Waals surface area contributed by atoms with Crippen LogP contribution >= 0.6 is 0 Å². The maximum atomic E-state index is 12.2. The summed E-state index contributed by atoms with van der Waals surface area (Å²) in [4.78, 5) is 28.2. The zero-order chi connectivity index (χ0) is 12.8. The minimum Gasteiger partial charge on any atom is -0.369 e. The molecule has 1 N–H and O–H groups in total. The second-order valence-corrected chi connectivity index (χ2v) is 4.30. The number of amides is 1. The first kappa shape index (κ1) is 10.9. The van der Waals surface area contributed by atoms with Gasteiger partial charge >= 0.3 is 5.97 Å². The van der Waals surface area contributed by atoms with E-state index < -0.39 is 11.5 Å². The van der Waals surface area contributed by atoms with E-state index >= 15 is 0 Å². The molecule has 0 saturated carbocycles. The molecule has 2 aliphatic rings. The molecule has 0 aromatic heterocycles. The van der Waals surface area contributed by atoms with Crippen LogP contribution in [-0.2, 0) is 14.4 Å². The van der Waals surface area contributed by atoms with Gasteiger partial charge in [-0.05, 0) is 0 Å². The molecule has 3 rings (SSSR count). The SMILES string of the molecule is CN1N=C(c2ccccc2)C2(CC(=O)ON2)C1=O. The lowest BCUT2D eigenvalue weighted by molar-refractivity contribution is -0.143. The van der Waals surface area contributed by atoms with Crippen LogP contribution in [0, 0.1) is 0 Å². The molecule has 0 radical (unpaired) electrons. The van der Waals surface area contributed by atoms with Crippen molar-refractivity contribution in [3.63, 3.8) is 0 Å². The van der Waals surface area contributed by atoms with E-state index in [1.165, 1.54) is 5.01 Å². The average Bonchev–Trinajstić information content (AvgIpc) is 2.88. The van der Waals surface area contributed by atoms with Crippen LogP contribution in [0.5, 0.6) is 0 Å². The molecule has 18 heavy (non-hydrogen) atoms. The number of rotatable bonds is 1. The van der Waals surface area contributed by atoms with Gasteiger partial charge in [-0.1, -0.05) is 30.3 Å². The van der Waals surface area contributed by atoms with Crippen LogP contribution in [0.25, 0.3) is 0 Å². The fraction of sp³-hybridized carbons (Fsp3) is 0.250. The fourth-order valence-corrected chi connectivity index (χ4v) is 2.24. The van der Waals surface area contributed by atoms with Crippen LogP contribution in [0.4, 0.5) is 0 Å². The highest BCUT2D eigenvalue weighted by atomic mass is 16.7. The Bertz CT molecular complexity index is 555. The molecule has 2 aliphatic heterocycles. The smallest absolute Gasteiger partial charge is 0.327 e. The van der Waals surface area contributed by atoms with Crippen molar-refractivity contribution in [3.05, 3.63) is 35.9 Å². The topological polar surface area (TPSA) is 71.0 Å². The van der Waals surface area contributed by atoms with Gasteiger partial charge in [-0.25, -0.2) is 5.01 Å². The Kier molecular flexibility index (Phi) is 2.21. The highest BCUT2D eigenvalue weighted by molar-refractivity contribution is 6.25. The molecule has 6 heteroatoms. The summed E-state index contributed by atoms with van der Waals surface area (Å²) in [5.74, 6) is -0.741. The van der Waals surface area contributed by atoms with E-state index in [9.17, 15) is 9.59 Å². The number of carbonyl (C=O) groups excluding carboxylic acids is 2. The standard InChI is InChI=1S/C12H11N3O3/c1-15-11(17)12(7-9(16)18-14-12)10(13-15)8-5-3-2-4-6-8/h2-6,14H,7H2,1H3. The molecular formula is C12H11N3O3. The number of carbonyl (C=O) groups is 2. The van der Waals surface area contributed by atoms with Crippen LogP contribution in [-0.4, -0.2) is 35.2 Å². The summed E-state index contributed by atoms with van der Waals surface area (Å²) in [5.41, 5.74) is 2.67. The number of hydrogen-bond acceptors (Lipinski definition) is 5. The summed E-state index contributed by atoms with van der Waals surface area (Å²) in [6, 6.07) is 9.27. The number of likely N-dealkylation sites (N-methyl/N-ethyl adjacent to an activating group) is 1. The molecule has 1 amide bonds. The molecule has 1 atom stereocenters. The fourth-order valence-electron chi connectivity index (χ4n) is 2.24. The minimum absolute atomic E-state index is 0.0378. The maximum absolute atomic E-state index is 12.2. The van der Waals surface area contributed by atoms with Crippen molar-refractivity contribution < 1.29 is 14.4 Å². The van der Waals surface area contributed by atoms with Gasteiger partial charge in [0.1, 0.15) is 5.71 Å². The molecule has 1 spiro atoms. The largest absolute Gasteiger partial charge is 0.369 e. The Morgan fingerprint density at radius 1 is 1.33 bits per heavy atom. The molecule has 0 aliphatic carbocycles. The van der Waals surface area contributed by atoms with E-state index in [2.05, 4.69) is 10.6 Å². The molecule has 2 heterocycles. The highest BCUT2D eigenvalue weighted by Crippen LogP contribution is 2.30. The van der Waals surface area contributed by atoms with Gasteiger partial charge in [0.2, 0.25) is 0 Å². The number of hydrogen-bond donors (Lipinski definition) is 1. The molecule has 1 saturated heterocycles. The maximum Gasteiger partial charge on any atom is 0.327 e. The Balaban J connectivity index is 2.10. The quantitative estimate of drug-likeness (QED) is 0.759. The lowest BCUT2D eigenvalue weighted by Crippen LogP contribution is -2.53. The van der Waals surface area contributed by atoms with Crippen LogP contribution in [0.3, 0.4) is 0 Å². The van der Waals surface area contributed by atoms with Gasteiger partial charge in [-0.15, -0.1) is 5.48 Å². The van der Waals surface area contributed by atoms with Gasteiger partial charge < -0.3 is 4.84 Å². The van der Waals surface area contributed by atoms with E-state index in [1.54, 1.807) is 7.05 Å². The number of hydrazone groups is 1. The molecule has 1 fully saturated rings. The first-order chi connectivity index (χ1) is 8.63. The van der Waals surface area contributed by atoms with Crippen molar-refractivity contribution in [2.75, 3.05) is 7.05 Å². The molecular weight excluding hydrogens is 234 g/mol. The van der Waals surface area contributed by atoms with Crippen LogP contribution in [0.1, 0.15) is 12.0 Å². The highest BCUT2D eigenvalue weighted by Gasteiger charge is 2.56. The zero-order valence-electron chi connectivity index (χ0n) is 9.71. The Hall–Kier alpha value is -2.21. The van der Waals surface area contributed by atoms with Gasteiger partial charge in [-0.3, -0.25) is 9.59 Å². The first-order valence-electron chi connectivity index (χ1n) is 5.53. The predicted octanol–water partition coefficient (Wildman–Crippen LogP) is 0.0530. The number of nitrogens with one attached hydrogen (secondary N) is 1. The number of hydroxylamine groups is 1. The molecule has 0 bridgehead atoms. The van der Waals surface area contributed by atoms with Crippen molar-refractivity contribution in [2.45, 2.75) is 12.0 Å². The lowest BCUT2D eigenvalue weighted by atomic mass is 9.87. The summed E-state index contributed by atoms with van der Waals surface area (Å²) in [5, 5.41) is 5.45. The van der Waals surface area contributed by atoms with E-state index in [4.69, 9.17) is 4.84 Å². The number of benzene rings is 1. The van der Waals surface area contributed by atoms with E-state index in [-0.39, 0.29) is 12.3 Å². The second kappa shape index (κ2) is 3.64. The van der Waals surface area contributed by atoms with Crippen molar-refractivity contribution in [3.8, 4) is 0 Å². The third-order valence-corrected chi connectivity index (χ3v) is 3.11. The Morgan fingerprint density at radius 2 is 2.06 bits per heavy atom. The van der Waals surface area contributed by atoms with E-state index in [1.807, 2.05) is 30.3 Å². The molecule has 92 valence electrons. The summed E-state index contributed by atoms with van der Waals surface area (Å²) >= 11 is 0. The molecule has 1 unspecified atom stereocenters. The molecule has 6 nitrogen and oxygen atoms in total.